The monoisotopic (exact) mass is 412 g/mol. The first kappa shape index (κ1) is 19.3. The molecule has 29 heavy (non-hydrogen) atoms. The number of carbonyl (C=O) groups excluding carboxylic acids is 1. The lowest BCUT2D eigenvalue weighted by molar-refractivity contribution is -0.385. The van der Waals surface area contributed by atoms with Gasteiger partial charge in [-0.2, -0.15) is 0 Å². The second-order valence-electron chi connectivity index (χ2n) is 7.25. The van der Waals surface area contributed by atoms with Gasteiger partial charge in [0.25, 0.3) is 11.6 Å². The minimum atomic E-state index is -0.473. The molecule has 1 amide bonds. The van der Waals surface area contributed by atoms with Crippen LogP contribution in [0.25, 0.3) is 10.2 Å². The molecular weight excluding hydrogens is 392 g/mol. The summed E-state index contributed by atoms with van der Waals surface area (Å²) in [6.07, 6.45) is 4.55. The van der Waals surface area contributed by atoms with Crippen LogP contribution in [0.3, 0.4) is 0 Å². The third-order valence-corrected chi connectivity index (χ3v) is 6.34. The van der Waals surface area contributed by atoms with Crippen molar-refractivity contribution in [3.05, 3.63) is 50.6 Å². The van der Waals surface area contributed by atoms with Crippen LogP contribution in [0.15, 0.2) is 24.5 Å². The topological polar surface area (TPSA) is 107 Å². The number of hydrogen-bond acceptors (Lipinski definition) is 7. The predicted octanol–water partition coefficient (Wildman–Crippen LogP) is 4.05. The van der Waals surface area contributed by atoms with Crippen LogP contribution in [0.4, 0.5) is 11.4 Å². The quantitative estimate of drug-likeness (QED) is 0.500. The Morgan fingerprint density at radius 2 is 2.24 bits per heavy atom. The van der Waals surface area contributed by atoms with E-state index in [0.717, 1.165) is 29.5 Å². The molecule has 4 rings (SSSR count). The molecule has 1 aromatic carbocycles. The standard InChI is InChI=1S/C20H20N4O4S/c1-11-6-7-13-16(8-11)29-20-18(13)19(21-10-22-20)28-9-17(25)23-14-4-3-5-15(12(14)2)24(26)27/h3-5,10-11H,6-9H2,1-2H3,(H,23,25). The van der Waals surface area contributed by atoms with E-state index in [1.807, 2.05) is 0 Å². The molecular formula is C20H20N4O4S. The number of aromatic nitrogens is 2. The number of hydrogen-bond donors (Lipinski definition) is 1. The number of ether oxygens (including phenoxy) is 1. The second kappa shape index (κ2) is 7.75. The smallest absolute Gasteiger partial charge is 0.274 e. The molecule has 0 spiro atoms. The van der Waals surface area contributed by atoms with Gasteiger partial charge >= 0.3 is 0 Å². The molecule has 1 atom stereocenters. The van der Waals surface area contributed by atoms with Gasteiger partial charge in [-0.1, -0.05) is 13.0 Å². The maximum absolute atomic E-state index is 12.4. The summed E-state index contributed by atoms with van der Waals surface area (Å²) in [6, 6.07) is 4.56. The second-order valence-corrected chi connectivity index (χ2v) is 8.34. The average Bonchev–Trinajstić information content (AvgIpc) is 3.05. The zero-order valence-corrected chi connectivity index (χ0v) is 16.9. The first-order chi connectivity index (χ1) is 13.9. The van der Waals surface area contributed by atoms with Crippen LogP contribution in [0.5, 0.6) is 5.88 Å². The molecule has 2 heterocycles. The van der Waals surface area contributed by atoms with Crippen LogP contribution in [0.2, 0.25) is 0 Å². The predicted molar refractivity (Wildman–Crippen MR) is 111 cm³/mol. The highest BCUT2D eigenvalue weighted by molar-refractivity contribution is 7.18. The van der Waals surface area contributed by atoms with Gasteiger partial charge < -0.3 is 10.1 Å². The average molecular weight is 412 g/mol. The van der Waals surface area contributed by atoms with E-state index in [9.17, 15) is 14.9 Å². The van der Waals surface area contributed by atoms with Crippen molar-refractivity contribution < 1.29 is 14.5 Å². The molecule has 1 aliphatic rings. The SMILES string of the molecule is Cc1c(NC(=O)COc2ncnc3sc4c(c23)CCC(C)C4)cccc1[N+](=O)[O-]. The fourth-order valence-corrected chi connectivity index (χ4v) is 4.97. The Balaban J connectivity index is 1.51. The first-order valence-corrected chi connectivity index (χ1v) is 10.2. The molecule has 0 fully saturated rings. The third-order valence-electron chi connectivity index (χ3n) is 5.17. The van der Waals surface area contributed by atoms with Gasteiger partial charge in [0.15, 0.2) is 6.61 Å². The number of fused-ring (bicyclic) bond motifs is 3. The van der Waals surface area contributed by atoms with Crippen LogP contribution < -0.4 is 10.1 Å². The van der Waals surface area contributed by atoms with Crippen molar-refractivity contribution in [1.29, 1.82) is 0 Å². The maximum atomic E-state index is 12.4. The van der Waals surface area contributed by atoms with Crippen molar-refractivity contribution >= 4 is 38.8 Å². The lowest BCUT2D eigenvalue weighted by atomic mass is 9.89. The van der Waals surface area contributed by atoms with Gasteiger partial charge in [0.1, 0.15) is 11.2 Å². The maximum Gasteiger partial charge on any atom is 0.274 e. The fourth-order valence-electron chi connectivity index (χ4n) is 3.63. The molecule has 0 saturated carbocycles. The summed E-state index contributed by atoms with van der Waals surface area (Å²) in [5.41, 5.74) is 1.98. The van der Waals surface area contributed by atoms with Crippen molar-refractivity contribution in [2.24, 2.45) is 5.92 Å². The van der Waals surface area contributed by atoms with Crippen molar-refractivity contribution in [3.63, 3.8) is 0 Å². The van der Waals surface area contributed by atoms with Gasteiger partial charge in [-0.25, -0.2) is 9.97 Å². The minimum Gasteiger partial charge on any atom is -0.467 e. The molecule has 0 radical (unpaired) electrons. The Bertz CT molecular complexity index is 1110. The van der Waals surface area contributed by atoms with Crippen molar-refractivity contribution in [2.75, 3.05) is 11.9 Å². The highest BCUT2D eigenvalue weighted by Crippen LogP contribution is 2.40. The van der Waals surface area contributed by atoms with E-state index in [2.05, 4.69) is 22.2 Å². The number of amides is 1. The number of nitro groups is 1. The number of nitrogens with zero attached hydrogens (tertiary/aromatic N) is 3. The molecule has 1 aliphatic carbocycles. The van der Waals surface area contributed by atoms with Gasteiger partial charge in [-0.3, -0.25) is 14.9 Å². The number of carbonyl (C=O) groups is 1. The van der Waals surface area contributed by atoms with Crippen LogP contribution >= 0.6 is 11.3 Å². The molecule has 9 heteroatoms. The normalized spacial score (nSPS) is 15.7. The van der Waals surface area contributed by atoms with E-state index in [1.165, 1.54) is 28.9 Å². The number of thiophene rings is 1. The molecule has 1 N–H and O–H groups in total. The minimum absolute atomic E-state index is 0.0413. The molecule has 150 valence electrons. The Hall–Kier alpha value is -3.07. The third kappa shape index (κ3) is 3.77. The Morgan fingerprint density at radius 1 is 1.41 bits per heavy atom. The summed E-state index contributed by atoms with van der Waals surface area (Å²) >= 11 is 1.67. The lowest BCUT2D eigenvalue weighted by Gasteiger charge is -2.18. The molecule has 0 saturated heterocycles. The van der Waals surface area contributed by atoms with E-state index in [1.54, 1.807) is 24.3 Å². The number of nitrogens with one attached hydrogen (secondary N) is 1. The summed E-state index contributed by atoms with van der Waals surface area (Å²) < 4.78 is 5.73. The van der Waals surface area contributed by atoms with Gasteiger partial charge in [0.05, 0.1) is 21.6 Å². The Morgan fingerprint density at radius 3 is 3.03 bits per heavy atom. The largest absolute Gasteiger partial charge is 0.467 e. The molecule has 0 aliphatic heterocycles. The van der Waals surface area contributed by atoms with Gasteiger partial charge in [-0.05, 0) is 43.7 Å². The summed E-state index contributed by atoms with van der Waals surface area (Å²) in [4.78, 5) is 33.8. The Labute approximate surface area is 171 Å². The summed E-state index contributed by atoms with van der Waals surface area (Å²) in [6.45, 7) is 3.60. The molecule has 2 aromatic heterocycles. The fraction of sp³-hybridized carbons (Fsp3) is 0.350. The summed E-state index contributed by atoms with van der Waals surface area (Å²) in [7, 11) is 0. The summed E-state index contributed by atoms with van der Waals surface area (Å²) in [5, 5.41) is 14.6. The van der Waals surface area contributed by atoms with Crippen LogP contribution in [0.1, 0.15) is 29.3 Å². The summed E-state index contributed by atoms with van der Waals surface area (Å²) in [5.74, 6) is 0.655. The van der Waals surface area contributed by atoms with E-state index in [4.69, 9.17) is 4.74 Å². The van der Waals surface area contributed by atoms with Crippen molar-refractivity contribution in [2.45, 2.75) is 33.1 Å². The molecule has 0 bridgehead atoms. The van der Waals surface area contributed by atoms with Gasteiger partial charge in [0.2, 0.25) is 5.88 Å². The van der Waals surface area contributed by atoms with Crippen molar-refractivity contribution in [1.82, 2.24) is 9.97 Å². The molecule has 1 unspecified atom stereocenters. The van der Waals surface area contributed by atoms with E-state index >= 15 is 0 Å². The lowest BCUT2D eigenvalue weighted by Crippen LogP contribution is -2.21. The van der Waals surface area contributed by atoms with Crippen molar-refractivity contribution in [3.8, 4) is 5.88 Å². The zero-order valence-electron chi connectivity index (χ0n) is 16.1. The van der Waals surface area contributed by atoms with E-state index in [0.29, 0.717) is 23.0 Å². The van der Waals surface area contributed by atoms with E-state index < -0.39 is 10.8 Å². The highest BCUT2D eigenvalue weighted by atomic mass is 32.1. The van der Waals surface area contributed by atoms with Crippen LogP contribution in [-0.2, 0) is 17.6 Å². The number of aryl methyl sites for hydroxylation is 1. The highest BCUT2D eigenvalue weighted by Gasteiger charge is 2.24. The Kier molecular flexibility index (Phi) is 5.14. The zero-order chi connectivity index (χ0) is 20.5. The number of anilines is 1. The van der Waals surface area contributed by atoms with Crippen LogP contribution in [-0.4, -0.2) is 27.4 Å². The van der Waals surface area contributed by atoms with E-state index in [-0.39, 0.29) is 12.3 Å². The van der Waals surface area contributed by atoms with Gasteiger partial charge in [0, 0.05) is 10.9 Å². The molecule has 8 nitrogen and oxygen atoms in total. The first-order valence-electron chi connectivity index (χ1n) is 9.36. The van der Waals surface area contributed by atoms with Gasteiger partial charge in [-0.15, -0.1) is 11.3 Å². The molecule has 3 aromatic rings. The number of benzene rings is 1. The number of nitro benzene ring substituents is 1. The van der Waals surface area contributed by atoms with Crippen LogP contribution in [0, 0.1) is 23.0 Å². The number of rotatable bonds is 5.